The maximum Gasteiger partial charge on any atom is 0.0880 e. The normalized spacial score (nSPS) is 12.4. The standard InChI is InChI=1S/C38H45NS/c1-13-14-15-29-25(8)18-28(21-33(29)38(10,11)12)35-37-30(16-17-39-35)26(9)36(40-37)34-31(23(4)5)19-27(22(2)3)20-32(34)24(6)7/h1,14-24H,2-12H3/b15-14-. The van der Waals surface area contributed by atoms with Crippen molar-refractivity contribution in [3.8, 4) is 34.0 Å². The Balaban J connectivity index is 2.04. The number of hydrogen-bond acceptors (Lipinski definition) is 2. The summed E-state index contributed by atoms with van der Waals surface area (Å²) in [6.07, 6.45) is 11.4. The molecule has 0 aliphatic rings. The lowest BCUT2D eigenvalue weighted by atomic mass is 9.80. The van der Waals surface area contributed by atoms with Gasteiger partial charge in [0, 0.05) is 16.6 Å². The molecular weight excluding hydrogens is 502 g/mol. The summed E-state index contributed by atoms with van der Waals surface area (Å²) in [5.41, 5.74) is 13.0. The third-order valence-electron chi connectivity index (χ3n) is 8.03. The van der Waals surface area contributed by atoms with Crippen LogP contribution in [0.4, 0.5) is 0 Å². The molecule has 40 heavy (non-hydrogen) atoms. The molecule has 0 atom stereocenters. The summed E-state index contributed by atoms with van der Waals surface area (Å²) in [6, 6.07) is 11.7. The van der Waals surface area contributed by atoms with Gasteiger partial charge in [0.2, 0.25) is 0 Å². The number of pyridine rings is 1. The van der Waals surface area contributed by atoms with E-state index >= 15 is 0 Å². The lowest BCUT2D eigenvalue weighted by Crippen LogP contribution is -2.14. The van der Waals surface area contributed by atoms with Crippen LogP contribution in [-0.2, 0) is 5.41 Å². The Morgan fingerprint density at radius 1 is 0.900 bits per heavy atom. The summed E-state index contributed by atoms with van der Waals surface area (Å²) >= 11 is 1.91. The largest absolute Gasteiger partial charge is 0.255 e. The second kappa shape index (κ2) is 11.4. The highest BCUT2D eigenvalue weighted by Crippen LogP contribution is 2.48. The van der Waals surface area contributed by atoms with Crippen molar-refractivity contribution in [3.63, 3.8) is 0 Å². The highest BCUT2D eigenvalue weighted by Gasteiger charge is 2.25. The van der Waals surface area contributed by atoms with E-state index in [0.717, 1.165) is 5.69 Å². The van der Waals surface area contributed by atoms with Gasteiger partial charge >= 0.3 is 0 Å². The third kappa shape index (κ3) is 5.55. The molecule has 2 aromatic carbocycles. The minimum Gasteiger partial charge on any atom is -0.255 e. The smallest absolute Gasteiger partial charge is 0.0880 e. The summed E-state index contributed by atoms with van der Waals surface area (Å²) in [5.74, 6) is 4.04. The van der Waals surface area contributed by atoms with Crippen molar-refractivity contribution in [1.29, 1.82) is 0 Å². The molecule has 1 nitrogen and oxygen atoms in total. The van der Waals surface area contributed by atoms with Crippen molar-refractivity contribution in [3.05, 3.63) is 81.5 Å². The Bertz CT molecular complexity index is 1600. The van der Waals surface area contributed by atoms with Crippen LogP contribution in [0.2, 0.25) is 0 Å². The van der Waals surface area contributed by atoms with Gasteiger partial charge in [-0.2, -0.15) is 0 Å². The first-order valence-corrected chi connectivity index (χ1v) is 15.4. The molecule has 0 aliphatic heterocycles. The van der Waals surface area contributed by atoms with Crippen molar-refractivity contribution < 1.29 is 0 Å². The molecule has 208 valence electrons. The summed E-state index contributed by atoms with van der Waals surface area (Å²) in [7, 11) is 0. The molecule has 0 radical (unpaired) electrons. The molecule has 0 saturated heterocycles. The number of aryl methyl sites for hydroxylation is 2. The van der Waals surface area contributed by atoms with E-state index in [1.54, 1.807) is 6.08 Å². The molecule has 0 amide bonds. The molecule has 4 rings (SSSR count). The zero-order chi connectivity index (χ0) is 29.5. The quantitative estimate of drug-likeness (QED) is 0.219. The lowest BCUT2D eigenvalue weighted by Gasteiger charge is -2.24. The number of benzene rings is 2. The van der Waals surface area contributed by atoms with Gasteiger partial charge < -0.3 is 0 Å². The maximum absolute atomic E-state index is 5.57. The fourth-order valence-electron chi connectivity index (χ4n) is 5.72. The van der Waals surface area contributed by atoms with Crippen LogP contribution in [0.15, 0.2) is 42.6 Å². The molecule has 2 heterocycles. The molecule has 0 spiro atoms. The Hall–Kier alpha value is -3.15. The lowest BCUT2D eigenvalue weighted by molar-refractivity contribution is 0.588. The first-order chi connectivity index (χ1) is 18.8. The van der Waals surface area contributed by atoms with Gasteiger partial charge in [-0.25, -0.2) is 0 Å². The Labute approximate surface area is 246 Å². The summed E-state index contributed by atoms with van der Waals surface area (Å²) in [6.45, 7) is 25.2. The van der Waals surface area contributed by atoms with Crippen LogP contribution in [0.25, 0.3) is 37.9 Å². The predicted octanol–water partition coefficient (Wildman–Crippen LogP) is 11.6. The molecule has 2 heteroatoms. The van der Waals surface area contributed by atoms with Crippen LogP contribution in [0, 0.1) is 26.2 Å². The van der Waals surface area contributed by atoms with E-state index in [4.69, 9.17) is 11.4 Å². The van der Waals surface area contributed by atoms with E-state index in [2.05, 4.69) is 118 Å². The van der Waals surface area contributed by atoms with E-state index in [1.165, 1.54) is 65.0 Å². The SMILES string of the molecule is C#C/C=C\c1c(C)cc(-c2nccc3c(C)c(-c4c(C(C)C)cc(C(C)C)cc4C(C)C)sc23)cc1C(C)(C)C. The van der Waals surface area contributed by atoms with Gasteiger partial charge in [0.15, 0.2) is 0 Å². The first-order valence-electron chi connectivity index (χ1n) is 14.6. The summed E-state index contributed by atoms with van der Waals surface area (Å²) in [4.78, 5) is 6.38. The van der Waals surface area contributed by atoms with E-state index < -0.39 is 0 Å². The molecule has 0 saturated carbocycles. The van der Waals surface area contributed by atoms with Crippen LogP contribution >= 0.6 is 11.3 Å². The number of allylic oxidation sites excluding steroid dienone is 1. The summed E-state index contributed by atoms with van der Waals surface area (Å²) < 4.78 is 1.26. The number of aromatic nitrogens is 1. The van der Waals surface area contributed by atoms with Crippen LogP contribution in [0.5, 0.6) is 0 Å². The molecule has 0 fully saturated rings. The zero-order valence-corrected chi connectivity index (χ0v) is 27.1. The Kier molecular flexibility index (Phi) is 8.49. The number of terminal acetylenes is 1. The maximum atomic E-state index is 5.57. The fraction of sp³-hybridized carbons (Fsp3) is 0.395. The minimum atomic E-state index is -0.0318. The Morgan fingerprint density at radius 3 is 2.05 bits per heavy atom. The van der Waals surface area contributed by atoms with Gasteiger partial charge in [0.1, 0.15) is 0 Å². The van der Waals surface area contributed by atoms with Gasteiger partial charge in [-0.1, -0.05) is 80.4 Å². The molecule has 0 N–H and O–H groups in total. The van der Waals surface area contributed by atoms with E-state index in [9.17, 15) is 0 Å². The number of hydrogen-bond donors (Lipinski definition) is 0. The van der Waals surface area contributed by atoms with Gasteiger partial charge in [-0.05, 0) is 117 Å². The molecule has 0 unspecified atom stereocenters. The number of thiophene rings is 1. The van der Waals surface area contributed by atoms with Crippen LogP contribution in [-0.4, -0.2) is 4.98 Å². The van der Waals surface area contributed by atoms with Crippen molar-refractivity contribution >= 4 is 27.5 Å². The number of fused-ring (bicyclic) bond motifs is 1. The van der Waals surface area contributed by atoms with Crippen molar-refractivity contribution in [2.75, 3.05) is 0 Å². The molecule has 0 bridgehead atoms. The van der Waals surface area contributed by atoms with Crippen LogP contribution < -0.4 is 0 Å². The second-order valence-corrected chi connectivity index (χ2v) is 14.2. The van der Waals surface area contributed by atoms with Gasteiger partial charge in [-0.3, -0.25) is 4.98 Å². The van der Waals surface area contributed by atoms with E-state index in [0.29, 0.717) is 17.8 Å². The second-order valence-electron chi connectivity index (χ2n) is 13.1. The fourth-order valence-corrected chi connectivity index (χ4v) is 7.12. The average molecular weight is 548 g/mol. The van der Waals surface area contributed by atoms with Crippen LogP contribution in [0.3, 0.4) is 0 Å². The summed E-state index contributed by atoms with van der Waals surface area (Å²) in [5, 5.41) is 1.30. The minimum absolute atomic E-state index is 0.0318. The van der Waals surface area contributed by atoms with E-state index in [-0.39, 0.29) is 5.41 Å². The Morgan fingerprint density at radius 2 is 1.52 bits per heavy atom. The first kappa shape index (κ1) is 29.8. The third-order valence-corrected chi connectivity index (χ3v) is 9.36. The zero-order valence-electron chi connectivity index (χ0n) is 26.3. The van der Waals surface area contributed by atoms with Gasteiger partial charge in [0.25, 0.3) is 0 Å². The number of rotatable bonds is 6. The van der Waals surface area contributed by atoms with Gasteiger partial charge in [0.05, 0.1) is 10.4 Å². The molecule has 0 aliphatic carbocycles. The molecule has 2 aromatic heterocycles. The van der Waals surface area contributed by atoms with Crippen molar-refractivity contribution in [2.24, 2.45) is 0 Å². The van der Waals surface area contributed by atoms with Crippen molar-refractivity contribution in [1.82, 2.24) is 4.98 Å². The highest BCUT2D eigenvalue weighted by atomic mass is 32.1. The molecule has 4 aromatic rings. The van der Waals surface area contributed by atoms with Gasteiger partial charge in [-0.15, -0.1) is 17.8 Å². The van der Waals surface area contributed by atoms with Crippen LogP contribution in [0.1, 0.15) is 119 Å². The topological polar surface area (TPSA) is 12.9 Å². The molecular formula is C38H45NS. The average Bonchev–Trinajstić information content (AvgIpc) is 3.22. The predicted molar refractivity (Wildman–Crippen MR) is 179 cm³/mol. The van der Waals surface area contributed by atoms with E-state index in [1.807, 2.05) is 17.5 Å². The highest BCUT2D eigenvalue weighted by molar-refractivity contribution is 7.23. The number of nitrogens with zero attached hydrogens (tertiary/aromatic N) is 1. The van der Waals surface area contributed by atoms with Crippen molar-refractivity contribution in [2.45, 2.75) is 99.3 Å². The monoisotopic (exact) mass is 547 g/mol.